The fourth-order valence-corrected chi connectivity index (χ4v) is 3.87. The first-order valence-corrected chi connectivity index (χ1v) is 9.08. The number of thiazole rings is 1. The van der Waals surface area contributed by atoms with Gasteiger partial charge in [0.25, 0.3) is 0 Å². The molecular weight excluding hydrogens is 330 g/mol. The zero-order valence-corrected chi connectivity index (χ0v) is 15.4. The molecular formula is C20H21N3OS. The van der Waals surface area contributed by atoms with Crippen LogP contribution in [0.5, 0.6) is 0 Å². The van der Waals surface area contributed by atoms with Gasteiger partial charge in [-0.25, -0.2) is 4.99 Å². The monoisotopic (exact) mass is 351 g/mol. The molecule has 0 fully saturated rings. The molecule has 0 aliphatic heterocycles. The Morgan fingerprint density at radius 1 is 1.12 bits per heavy atom. The molecule has 4 nitrogen and oxygen atoms in total. The lowest BCUT2D eigenvalue weighted by molar-refractivity contribution is -0.114. The van der Waals surface area contributed by atoms with Crippen molar-refractivity contribution in [1.82, 2.24) is 4.57 Å². The van der Waals surface area contributed by atoms with Crippen LogP contribution in [-0.4, -0.2) is 10.5 Å². The molecule has 3 rings (SSSR count). The van der Waals surface area contributed by atoms with E-state index in [1.165, 1.54) is 23.1 Å². The lowest BCUT2D eigenvalue weighted by atomic mass is 10.1. The molecule has 1 N–H and O–H groups in total. The Morgan fingerprint density at radius 3 is 2.40 bits per heavy atom. The van der Waals surface area contributed by atoms with Gasteiger partial charge in [0.2, 0.25) is 5.91 Å². The highest BCUT2D eigenvalue weighted by Gasteiger charge is 2.11. The van der Waals surface area contributed by atoms with Crippen molar-refractivity contribution in [2.75, 3.05) is 5.32 Å². The summed E-state index contributed by atoms with van der Waals surface area (Å²) in [6.45, 7) is 6.63. The van der Waals surface area contributed by atoms with Crippen LogP contribution in [0, 0.1) is 6.92 Å². The molecule has 2 aromatic carbocycles. The number of rotatable bonds is 4. The number of anilines is 1. The molecule has 0 unspecified atom stereocenters. The van der Waals surface area contributed by atoms with Crippen LogP contribution in [0.3, 0.4) is 0 Å². The second-order valence-corrected chi connectivity index (χ2v) is 6.92. The Morgan fingerprint density at radius 2 is 1.80 bits per heavy atom. The van der Waals surface area contributed by atoms with Crippen LogP contribution in [0.25, 0.3) is 11.3 Å². The van der Waals surface area contributed by atoms with Gasteiger partial charge in [0, 0.05) is 24.0 Å². The molecule has 0 radical (unpaired) electrons. The standard InChI is InChI=1S/C20H21N3OS/c1-4-23-19(16-8-6-5-7-9-16)14(2)25-20(23)22-18-12-10-17(11-13-18)21-15(3)24/h5-13H,4H2,1-3H3,(H,21,24). The maximum absolute atomic E-state index is 11.1. The number of aryl methyl sites for hydroxylation is 1. The van der Waals surface area contributed by atoms with Crippen molar-refractivity contribution in [2.24, 2.45) is 4.99 Å². The van der Waals surface area contributed by atoms with Crippen molar-refractivity contribution in [1.29, 1.82) is 0 Å². The Balaban J connectivity index is 2.03. The first kappa shape index (κ1) is 17.2. The summed E-state index contributed by atoms with van der Waals surface area (Å²) in [4.78, 5) is 18.1. The Bertz CT molecular complexity index is 937. The molecule has 128 valence electrons. The molecule has 0 atom stereocenters. The summed E-state index contributed by atoms with van der Waals surface area (Å²) in [7, 11) is 0. The minimum Gasteiger partial charge on any atom is -0.326 e. The number of hydrogen-bond donors (Lipinski definition) is 1. The molecule has 0 aliphatic rings. The van der Waals surface area contributed by atoms with Gasteiger partial charge in [-0.2, -0.15) is 0 Å². The van der Waals surface area contributed by atoms with E-state index >= 15 is 0 Å². The highest BCUT2D eigenvalue weighted by atomic mass is 32.1. The van der Waals surface area contributed by atoms with Gasteiger partial charge in [0.15, 0.2) is 4.80 Å². The molecule has 1 amide bonds. The van der Waals surface area contributed by atoms with Gasteiger partial charge < -0.3 is 9.88 Å². The normalized spacial score (nSPS) is 11.6. The first-order valence-electron chi connectivity index (χ1n) is 8.26. The first-order chi connectivity index (χ1) is 12.1. The van der Waals surface area contributed by atoms with Crippen molar-refractivity contribution < 1.29 is 4.79 Å². The molecule has 3 aromatic rings. The van der Waals surface area contributed by atoms with Gasteiger partial charge >= 0.3 is 0 Å². The summed E-state index contributed by atoms with van der Waals surface area (Å²) >= 11 is 1.70. The molecule has 0 saturated heterocycles. The highest BCUT2D eigenvalue weighted by molar-refractivity contribution is 7.09. The predicted molar refractivity (Wildman–Crippen MR) is 104 cm³/mol. The topological polar surface area (TPSA) is 46.4 Å². The third-order valence-electron chi connectivity index (χ3n) is 3.85. The number of amides is 1. The molecule has 0 saturated carbocycles. The third kappa shape index (κ3) is 3.88. The smallest absolute Gasteiger partial charge is 0.221 e. The predicted octanol–water partition coefficient (Wildman–Crippen LogP) is 4.74. The van der Waals surface area contributed by atoms with Gasteiger partial charge in [-0.05, 0) is 43.7 Å². The van der Waals surface area contributed by atoms with Crippen LogP contribution in [0.2, 0.25) is 0 Å². The number of nitrogens with one attached hydrogen (secondary N) is 1. The summed E-state index contributed by atoms with van der Waals surface area (Å²) in [5.74, 6) is -0.0742. The van der Waals surface area contributed by atoms with E-state index in [0.29, 0.717) is 0 Å². The third-order valence-corrected chi connectivity index (χ3v) is 4.85. The van der Waals surface area contributed by atoms with Gasteiger partial charge in [-0.3, -0.25) is 4.79 Å². The molecule has 0 spiro atoms. The zero-order chi connectivity index (χ0) is 17.8. The van der Waals surface area contributed by atoms with Crippen molar-refractivity contribution in [3.8, 4) is 11.3 Å². The summed E-state index contributed by atoms with van der Waals surface area (Å²) in [5.41, 5.74) is 4.08. The number of hydrogen-bond acceptors (Lipinski definition) is 3. The van der Waals surface area contributed by atoms with E-state index in [0.717, 1.165) is 22.7 Å². The largest absolute Gasteiger partial charge is 0.326 e. The van der Waals surface area contributed by atoms with E-state index in [2.05, 4.69) is 48.0 Å². The Kier molecular flexibility index (Phi) is 5.14. The number of nitrogens with zero attached hydrogens (tertiary/aromatic N) is 2. The summed E-state index contributed by atoms with van der Waals surface area (Å²) in [6, 6.07) is 18.0. The molecule has 0 aliphatic carbocycles. The molecule has 1 aromatic heterocycles. The van der Waals surface area contributed by atoms with Crippen LogP contribution in [-0.2, 0) is 11.3 Å². The molecule has 25 heavy (non-hydrogen) atoms. The number of carbonyl (C=O) groups excluding carboxylic acids is 1. The quantitative estimate of drug-likeness (QED) is 0.725. The van der Waals surface area contributed by atoms with Crippen LogP contribution in [0.1, 0.15) is 18.7 Å². The molecule has 5 heteroatoms. The van der Waals surface area contributed by atoms with Crippen molar-refractivity contribution in [3.63, 3.8) is 0 Å². The van der Waals surface area contributed by atoms with E-state index in [4.69, 9.17) is 4.99 Å². The summed E-state index contributed by atoms with van der Waals surface area (Å²) in [6.07, 6.45) is 0. The average Bonchev–Trinajstić information content (AvgIpc) is 2.92. The second kappa shape index (κ2) is 7.49. The van der Waals surface area contributed by atoms with Gasteiger partial charge in [-0.1, -0.05) is 30.3 Å². The Labute approximate surface area is 151 Å². The van der Waals surface area contributed by atoms with Crippen LogP contribution >= 0.6 is 11.3 Å². The van der Waals surface area contributed by atoms with Crippen LogP contribution in [0.15, 0.2) is 59.6 Å². The van der Waals surface area contributed by atoms with Crippen molar-refractivity contribution in [3.05, 3.63) is 64.3 Å². The molecule has 1 heterocycles. The van der Waals surface area contributed by atoms with E-state index in [1.807, 2.05) is 30.3 Å². The fraction of sp³-hybridized carbons (Fsp3) is 0.200. The molecule has 0 bridgehead atoms. The van der Waals surface area contributed by atoms with E-state index < -0.39 is 0 Å². The summed E-state index contributed by atoms with van der Waals surface area (Å²) in [5, 5.41) is 2.77. The summed E-state index contributed by atoms with van der Waals surface area (Å²) < 4.78 is 2.25. The van der Waals surface area contributed by atoms with Crippen LogP contribution < -0.4 is 10.1 Å². The SMILES string of the molecule is CCn1c(-c2ccccc2)c(C)sc1=Nc1ccc(NC(C)=O)cc1. The van der Waals surface area contributed by atoms with Crippen molar-refractivity contribution in [2.45, 2.75) is 27.3 Å². The average molecular weight is 351 g/mol. The maximum Gasteiger partial charge on any atom is 0.221 e. The highest BCUT2D eigenvalue weighted by Crippen LogP contribution is 2.25. The number of carbonyl (C=O) groups is 1. The number of aromatic nitrogens is 1. The maximum atomic E-state index is 11.1. The van der Waals surface area contributed by atoms with E-state index in [1.54, 1.807) is 11.3 Å². The fourth-order valence-electron chi connectivity index (χ4n) is 2.79. The van der Waals surface area contributed by atoms with E-state index in [-0.39, 0.29) is 5.91 Å². The lowest BCUT2D eigenvalue weighted by Crippen LogP contribution is -2.14. The van der Waals surface area contributed by atoms with Gasteiger partial charge in [0.1, 0.15) is 0 Å². The van der Waals surface area contributed by atoms with Crippen LogP contribution in [0.4, 0.5) is 11.4 Å². The Hall–Kier alpha value is -2.66. The second-order valence-electron chi connectivity index (χ2n) is 5.74. The lowest BCUT2D eigenvalue weighted by Gasteiger charge is -2.07. The zero-order valence-electron chi connectivity index (χ0n) is 14.6. The van der Waals surface area contributed by atoms with Gasteiger partial charge in [0.05, 0.1) is 11.4 Å². The minimum atomic E-state index is -0.0742. The van der Waals surface area contributed by atoms with Crippen molar-refractivity contribution >= 4 is 28.6 Å². The number of benzene rings is 2. The minimum absolute atomic E-state index is 0.0742. The van der Waals surface area contributed by atoms with Gasteiger partial charge in [-0.15, -0.1) is 11.3 Å². The van der Waals surface area contributed by atoms with E-state index in [9.17, 15) is 4.79 Å².